The van der Waals surface area contributed by atoms with E-state index in [1.54, 1.807) is 0 Å². The maximum absolute atomic E-state index is 12.7. The SMILES string of the molecule is Cc1ccc(NC(=O)C(=O)NCC(C)O)cc1C(F)(F)F. The summed E-state index contributed by atoms with van der Waals surface area (Å²) in [4.78, 5) is 22.8. The summed E-state index contributed by atoms with van der Waals surface area (Å²) in [5.41, 5.74) is -1.01. The molecule has 8 heteroatoms. The van der Waals surface area contributed by atoms with Crippen LogP contribution in [0.3, 0.4) is 0 Å². The standard InChI is InChI=1S/C13H15F3N2O3/c1-7-3-4-9(5-10(7)13(14,15)16)18-12(21)11(20)17-6-8(2)19/h3-5,8,19H,6H2,1-2H3,(H,17,20)(H,18,21). The monoisotopic (exact) mass is 304 g/mol. The van der Waals surface area contributed by atoms with Crippen molar-refractivity contribution in [1.29, 1.82) is 0 Å². The third kappa shape index (κ3) is 5.07. The van der Waals surface area contributed by atoms with Gasteiger partial charge in [0.25, 0.3) is 0 Å². The average Bonchev–Trinajstić information content (AvgIpc) is 2.36. The molecule has 0 aliphatic carbocycles. The van der Waals surface area contributed by atoms with Gasteiger partial charge in [-0.15, -0.1) is 0 Å². The van der Waals surface area contributed by atoms with Gasteiger partial charge in [-0.1, -0.05) is 6.07 Å². The molecule has 1 aromatic rings. The number of aliphatic hydroxyl groups is 1. The molecule has 0 aliphatic rings. The smallest absolute Gasteiger partial charge is 0.392 e. The van der Waals surface area contributed by atoms with E-state index in [2.05, 4.69) is 10.6 Å². The molecule has 116 valence electrons. The Morgan fingerprint density at radius 1 is 1.29 bits per heavy atom. The van der Waals surface area contributed by atoms with Gasteiger partial charge < -0.3 is 15.7 Å². The van der Waals surface area contributed by atoms with Crippen molar-refractivity contribution in [2.24, 2.45) is 0 Å². The zero-order chi connectivity index (χ0) is 16.2. The van der Waals surface area contributed by atoms with Crippen LogP contribution in [0.15, 0.2) is 18.2 Å². The van der Waals surface area contributed by atoms with E-state index in [-0.39, 0.29) is 17.8 Å². The van der Waals surface area contributed by atoms with Gasteiger partial charge in [-0.3, -0.25) is 9.59 Å². The first-order valence-electron chi connectivity index (χ1n) is 6.06. The Morgan fingerprint density at radius 3 is 2.43 bits per heavy atom. The minimum Gasteiger partial charge on any atom is -0.392 e. The molecular weight excluding hydrogens is 289 g/mol. The van der Waals surface area contributed by atoms with E-state index in [1.165, 1.54) is 26.0 Å². The molecule has 0 aliphatic heterocycles. The van der Waals surface area contributed by atoms with Crippen LogP contribution in [0.25, 0.3) is 0 Å². The summed E-state index contributed by atoms with van der Waals surface area (Å²) in [5.74, 6) is -2.14. The van der Waals surface area contributed by atoms with E-state index < -0.39 is 29.7 Å². The van der Waals surface area contributed by atoms with Crippen LogP contribution in [0.2, 0.25) is 0 Å². The lowest BCUT2D eigenvalue weighted by Crippen LogP contribution is -2.38. The molecule has 1 aromatic carbocycles. The highest BCUT2D eigenvalue weighted by Crippen LogP contribution is 2.33. The van der Waals surface area contributed by atoms with Gasteiger partial charge in [-0.05, 0) is 31.5 Å². The highest BCUT2D eigenvalue weighted by molar-refractivity contribution is 6.39. The van der Waals surface area contributed by atoms with Crippen LogP contribution in [-0.4, -0.2) is 29.6 Å². The molecule has 0 saturated carbocycles. The van der Waals surface area contributed by atoms with Crippen LogP contribution >= 0.6 is 0 Å². The quantitative estimate of drug-likeness (QED) is 0.740. The third-order valence-corrected chi connectivity index (χ3v) is 2.57. The van der Waals surface area contributed by atoms with E-state index in [4.69, 9.17) is 5.11 Å². The van der Waals surface area contributed by atoms with Crippen molar-refractivity contribution in [2.45, 2.75) is 26.1 Å². The fourth-order valence-corrected chi connectivity index (χ4v) is 1.51. The fourth-order valence-electron chi connectivity index (χ4n) is 1.51. The highest BCUT2D eigenvalue weighted by atomic mass is 19.4. The Morgan fingerprint density at radius 2 is 1.90 bits per heavy atom. The lowest BCUT2D eigenvalue weighted by atomic mass is 10.1. The summed E-state index contributed by atoms with van der Waals surface area (Å²) >= 11 is 0. The Hall–Kier alpha value is -2.09. The van der Waals surface area contributed by atoms with Crippen molar-refractivity contribution in [3.63, 3.8) is 0 Å². The first-order chi connectivity index (χ1) is 9.61. The molecule has 0 saturated heterocycles. The minimum absolute atomic E-state index is 0.0130. The Labute approximate surface area is 119 Å². The summed E-state index contributed by atoms with van der Waals surface area (Å²) in [6.07, 6.45) is -5.38. The first-order valence-corrected chi connectivity index (χ1v) is 6.06. The zero-order valence-corrected chi connectivity index (χ0v) is 11.4. The number of carbonyl (C=O) groups is 2. The number of aryl methyl sites for hydroxylation is 1. The van der Waals surface area contributed by atoms with Crippen LogP contribution in [0.4, 0.5) is 18.9 Å². The Balaban J connectivity index is 2.80. The molecule has 0 fully saturated rings. The largest absolute Gasteiger partial charge is 0.416 e. The number of rotatable bonds is 3. The van der Waals surface area contributed by atoms with E-state index in [0.717, 1.165) is 6.07 Å². The molecule has 21 heavy (non-hydrogen) atoms. The number of hydrogen-bond donors (Lipinski definition) is 3. The van der Waals surface area contributed by atoms with Crippen molar-refractivity contribution >= 4 is 17.5 Å². The van der Waals surface area contributed by atoms with Gasteiger partial charge in [0.2, 0.25) is 0 Å². The number of aliphatic hydroxyl groups excluding tert-OH is 1. The second-order valence-corrected chi connectivity index (χ2v) is 4.54. The van der Waals surface area contributed by atoms with Gasteiger partial charge in [-0.2, -0.15) is 13.2 Å². The number of anilines is 1. The Kier molecular flexibility index (Phi) is 5.31. The number of amides is 2. The van der Waals surface area contributed by atoms with Gasteiger partial charge >= 0.3 is 18.0 Å². The van der Waals surface area contributed by atoms with Crippen molar-refractivity contribution in [3.8, 4) is 0 Å². The zero-order valence-electron chi connectivity index (χ0n) is 11.4. The second-order valence-electron chi connectivity index (χ2n) is 4.54. The fraction of sp³-hybridized carbons (Fsp3) is 0.385. The summed E-state index contributed by atoms with van der Waals surface area (Å²) in [7, 11) is 0. The summed E-state index contributed by atoms with van der Waals surface area (Å²) in [6, 6.07) is 3.23. The molecule has 5 nitrogen and oxygen atoms in total. The molecule has 0 aromatic heterocycles. The second kappa shape index (κ2) is 6.57. The van der Waals surface area contributed by atoms with Crippen molar-refractivity contribution in [1.82, 2.24) is 5.32 Å². The van der Waals surface area contributed by atoms with Gasteiger partial charge in [-0.25, -0.2) is 0 Å². The molecule has 0 heterocycles. The normalized spacial score (nSPS) is 12.7. The lowest BCUT2D eigenvalue weighted by molar-refractivity contribution is -0.138. The number of alkyl halides is 3. The van der Waals surface area contributed by atoms with Crippen molar-refractivity contribution in [2.75, 3.05) is 11.9 Å². The van der Waals surface area contributed by atoms with E-state index in [1.807, 2.05) is 0 Å². The maximum atomic E-state index is 12.7. The van der Waals surface area contributed by atoms with Crippen LogP contribution in [-0.2, 0) is 15.8 Å². The van der Waals surface area contributed by atoms with E-state index in [9.17, 15) is 22.8 Å². The first kappa shape index (κ1) is 17.0. The van der Waals surface area contributed by atoms with Crippen LogP contribution < -0.4 is 10.6 Å². The minimum atomic E-state index is -4.54. The van der Waals surface area contributed by atoms with Gasteiger partial charge in [0.05, 0.1) is 11.7 Å². The molecule has 1 atom stereocenters. The predicted octanol–water partition coefficient (Wildman–Crippen LogP) is 1.45. The van der Waals surface area contributed by atoms with Crippen molar-refractivity contribution < 1.29 is 27.9 Å². The summed E-state index contributed by atoms with van der Waals surface area (Å²) in [5, 5.41) is 13.2. The molecule has 1 rings (SSSR count). The summed E-state index contributed by atoms with van der Waals surface area (Å²) < 4.78 is 38.1. The van der Waals surface area contributed by atoms with Gasteiger partial charge in [0.1, 0.15) is 0 Å². The topological polar surface area (TPSA) is 78.4 Å². The van der Waals surface area contributed by atoms with Gasteiger partial charge in [0, 0.05) is 12.2 Å². The molecule has 0 bridgehead atoms. The molecule has 1 unspecified atom stereocenters. The number of benzene rings is 1. The molecule has 0 spiro atoms. The molecule has 0 radical (unpaired) electrons. The number of carbonyl (C=O) groups excluding carboxylic acids is 2. The molecule has 3 N–H and O–H groups in total. The molecule has 2 amide bonds. The van der Waals surface area contributed by atoms with E-state index in [0.29, 0.717) is 0 Å². The summed E-state index contributed by atoms with van der Waals surface area (Å²) in [6.45, 7) is 2.57. The lowest BCUT2D eigenvalue weighted by Gasteiger charge is -2.13. The van der Waals surface area contributed by atoms with E-state index >= 15 is 0 Å². The number of halogens is 3. The van der Waals surface area contributed by atoms with Crippen molar-refractivity contribution in [3.05, 3.63) is 29.3 Å². The highest BCUT2D eigenvalue weighted by Gasteiger charge is 2.32. The molecular formula is C13H15F3N2O3. The van der Waals surface area contributed by atoms with Crippen LogP contribution in [0.1, 0.15) is 18.1 Å². The maximum Gasteiger partial charge on any atom is 0.416 e. The van der Waals surface area contributed by atoms with Crippen LogP contribution in [0, 0.1) is 6.92 Å². The van der Waals surface area contributed by atoms with Crippen LogP contribution in [0.5, 0.6) is 0 Å². The predicted molar refractivity (Wildman–Crippen MR) is 69.5 cm³/mol. The average molecular weight is 304 g/mol. The number of nitrogens with one attached hydrogen (secondary N) is 2. The third-order valence-electron chi connectivity index (χ3n) is 2.57. The van der Waals surface area contributed by atoms with Gasteiger partial charge in [0.15, 0.2) is 0 Å². The number of hydrogen-bond acceptors (Lipinski definition) is 3. The Bertz CT molecular complexity index is 542.